The molecule has 0 heterocycles. The molecular formula is C10H17ClF3NO. The molecule has 0 fully saturated rings. The molecule has 0 aliphatic heterocycles. The first kappa shape index (κ1) is 15.6. The zero-order chi connectivity index (χ0) is 12.8. The van der Waals surface area contributed by atoms with Gasteiger partial charge in [-0.3, -0.25) is 4.79 Å². The van der Waals surface area contributed by atoms with Gasteiger partial charge in [0.05, 0.1) is 6.42 Å². The summed E-state index contributed by atoms with van der Waals surface area (Å²) in [5, 5.41) is 2.59. The molecule has 2 nitrogen and oxygen atoms in total. The third kappa shape index (κ3) is 6.93. The number of carbonyl (C=O) groups is 1. The molecule has 96 valence electrons. The van der Waals surface area contributed by atoms with E-state index in [0.29, 0.717) is 18.7 Å². The summed E-state index contributed by atoms with van der Waals surface area (Å²) in [6.45, 7) is 3.64. The highest BCUT2D eigenvalue weighted by molar-refractivity contribution is 6.17. The van der Waals surface area contributed by atoms with Crippen LogP contribution in [0.1, 0.15) is 39.5 Å². The molecule has 0 bridgehead atoms. The number of hydrogen-bond acceptors (Lipinski definition) is 1. The van der Waals surface area contributed by atoms with Gasteiger partial charge in [-0.15, -0.1) is 11.6 Å². The van der Waals surface area contributed by atoms with Gasteiger partial charge in [-0.2, -0.15) is 13.2 Å². The first-order valence-electron chi connectivity index (χ1n) is 5.16. The van der Waals surface area contributed by atoms with E-state index < -0.39 is 30.5 Å². The van der Waals surface area contributed by atoms with Crippen LogP contribution < -0.4 is 5.32 Å². The van der Waals surface area contributed by atoms with E-state index >= 15 is 0 Å². The second kappa shape index (κ2) is 6.33. The molecule has 0 saturated heterocycles. The fraction of sp³-hybridized carbons (Fsp3) is 0.900. The van der Waals surface area contributed by atoms with E-state index in [0.717, 1.165) is 0 Å². The van der Waals surface area contributed by atoms with E-state index in [1.807, 2.05) is 6.92 Å². The zero-order valence-electron chi connectivity index (χ0n) is 9.46. The average Bonchev–Trinajstić information content (AvgIpc) is 2.14. The van der Waals surface area contributed by atoms with Crippen LogP contribution in [0.5, 0.6) is 0 Å². The first-order valence-corrected chi connectivity index (χ1v) is 5.69. The summed E-state index contributed by atoms with van der Waals surface area (Å²) in [4.78, 5) is 11.3. The summed E-state index contributed by atoms with van der Waals surface area (Å²) < 4.78 is 35.6. The van der Waals surface area contributed by atoms with Gasteiger partial charge in [-0.25, -0.2) is 0 Å². The van der Waals surface area contributed by atoms with Crippen LogP contribution in [0.25, 0.3) is 0 Å². The Labute approximate surface area is 98.5 Å². The summed E-state index contributed by atoms with van der Waals surface area (Å²) in [6, 6.07) is 0. The maximum absolute atomic E-state index is 11.9. The fourth-order valence-electron chi connectivity index (χ4n) is 1.19. The van der Waals surface area contributed by atoms with Crippen LogP contribution in [-0.2, 0) is 4.79 Å². The van der Waals surface area contributed by atoms with Crippen molar-refractivity contribution < 1.29 is 18.0 Å². The molecule has 1 N–H and O–H groups in total. The lowest BCUT2D eigenvalue weighted by molar-refractivity contribution is -0.144. The van der Waals surface area contributed by atoms with Gasteiger partial charge in [0.25, 0.3) is 0 Å². The number of carbonyl (C=O) groups excluding carboxylic acids is 1. The number of hydrogen-bond donors (Lipinski definition) is 1. The van der Waals surface area contributed by atoms with Gasteiger partial charge in [-0.1, -0.05) is 6.92 Å². The van der Waals surface area contributed by atoms with Gasteiger partial charge in [0.15, 0.2) is 0 Å². The maximum atomic E-state index is 11.9. The van der Waals surface area contributed by atoms with Crippen LogP contribution in [0.2, 0.25) is 0 Å². The summed E-state index contributed by atoms with van der Waals surface area (Å²) in [6.07, 6.45) is -4.71. The van der Waals surface area contributed by atoms with Crippen molar-refractivity contribution in [2.24, 2.45) is 0 Å². The topological polar surface area (TPSA) is 29.1 Å². The Bertz CT molecular complexity index is 233. The summed E-state index contributed by atoms with van der Waals surface area (Å²) in [5.74, 6) is -0.212. The molecule has 0 spiro atoms. The van der Waals surface area contributed by atoms with E-state index in [-0.39, 0.29) is 0 Å². The molecule has 16 heavy (non-hydrogen) atoms. The van der Waals surface area contributed by atoms with Gasteiger partial charge in [-0.05, 0) is 19.8 Å². The lowest BCUT2D eigenvalue weighted by Crippen LogP contribution is -2.46. The lowest BCUT2D eigenvalue weighted by Gasteiger charge is -2.29. The number of alkyl halides is 4. The number of rotatable bonds is 6. The van der Waals surface area contributed by atoms with Crippen molar-refractivity contribution in [2.75, 3.05) is 5.88 Å². The smallest absolute Gasteiger partial charge is 0.351 e. The fourth-order valence-corrected chi connectivity index (χ4v) is 1.61. The minimum absolute atomic E-state index is 0.365. The van der Waals surface area contributed by atoms with Gasteiger partial charge in [0.2, 0.25) is 5.91 Å². The Kier molecular flexibility index (Phi) is 6.15. The Morgan fingerprint density at radius 3 is 2.25 bits per heavy atom. The molecule has 0 rings (SSSR count). The van der Waals surface area contributed by atoms with E-state index in [1.54, 1.807) is 6.92 Å². The summed E-state index contributed by atoms with van der Waals surface area (Å²) in [5.41, 5.74) is -0.509. The quantitative estimate of drug-likeness (QED) is 0.729. The second-order valence-corrected chi connectivity index (χ2v) is 4.39. The Morgan fingerprint density at radius 2 is 1.88 bits per heavy atom. The molecule has 0 aliphatic rings. The summed E-state index contributed by atoms with van der Waals surface area (Å²) >= 11 is 5.57. The third-order valence-electron chi connectivity index (χ3n) is 2.50. The molecule has 0 aromatic heterocycles. The average molecular weight is 260 g/mol. The predicted octanol–water partition coefficient (Wildman–Crippen LogP) is 3.24. The van der Waals surface area contributed by atoms with Crippen molar-refractivity contribution >= 4 is 17.5 Å². The minimum atomic E-state index is -4.29. The van der Waals surface area contributed by atoms with Gasteiger partial charge in [0, 0.05) is 17.8 Å². The number of nitrogens with one attached hydrogen (secondary N) is 1. The molecular weight excluding hydrogens is 243 g/mol. The second-order valence-electron chi connectivity index (χ2n) is 4.02. The standard InChI is InChI=1S/C10H17ClF3NO/c1-3-9(2,6-7-11)15-8(16)4-5-10(12,13)14/h3-7H2,1-2H3,(H,15,16). The maximum Gasteiger partial charge on any atom is 0.389 e. The van der Waals surface area contributed by atoms with Crippen LogP contribution in [0, 0.1) is 0 Å². The first-order chi connectivity index (χ1) is 7.22. The molecule has 6 heteroatoms. The SMILES string of the molecule is CCC(C)(CCCl)NC(=O)CCC(F)(F)F. The van der Waals surface area contributed by atoms with Gasteiger partial charge >= 0.3 is 6.18 Å². The van der Waals surface area contributed by atoms with E-state index in [2.05, 4.69) is 5.32 Å². The van der Waals surface area contributed by atoms with E-state index in [4.69, 9.17) is 11.6 Å². The normalized spacial score (nSPS) is 15.6. The largest absolute Gasteiger partial charge is 0.389 e. The molecule has 0 radical (unpaired) electrons. The van der Waals surface area contributed by atoms with Crippen LogP contribution in [0.4, 0.5) is 13.2 Å². The Balaban J connectivity index is 4.11. The molecule has 0 saturated carbocycles. The predicted molar refractivity (Wildman–Crippen MR) is 57.5 cm³/mol. The van der Waals surface area contributed by atoms with Crippen molar-refractivity contribution in [2.45, 2.75) is 51.2 Å². The third-order valence-corrected chi connectivity index (χ3v) is 2.69. The highest BCUT2D eigenvalue weighted by atomic mass is 35.5. The van der Waals surface area contributed by atoms with Crippen molar-refractivity contribution in [3.63, 3.8) is 0 Å². The molecule has 0 aliphatic carbocycles. The van der Waals surface area contributed by atoms with Crippen molar-refractivity contribution in [3.8, 4) is 0 Å². The number of halogens is 4. The minimum Gasteiger partial charge on any atom is -0.351 e. The molecule has 0 aromatic carbocycles. The highest BCUT2D eigenvalue weighted by Crippen LogP contribution is 2.22. The molecule has 0 aromatic rings. The Hall–Kier alpha value is -0.450. The number of amides is 1. The molecule has 1 amide bonds. The monoisotopic (exact) mass is 259 g/mol. The van der Waals surface area contributed by atoms with E-state index in [1.165, 1.54) is 0 Å². The zero-order valence-corrected chi connectivity index (χ0v) is 10.2. The van der Waals surface area contributed by atoms with Crippen LogP contribution in [0.15, 0.2) is 0 Å². The van der Waals surface area contributed by atoms with E-state index in [9.17, 15) is 18.0 Å². The van der Waals surface area contributed by atoms with Crippen molar-refractivity contribution in [1.82, 2.24) is 5.32 Å². The molecule has 1 atom stereocenters. The van der Waals surface area contributed by atoms with Crippen LogP contribution in [0.3, 0.4) is 0 Å². The highest BCUT2D eigenvalue weighted by Gasteiger charge is 2.30. The van der Waals surface area contributed by atoms with Crippen molar-refractivity contribution in [1.29, 1.82) is 0 Å². The molecule has 1 unspecified atom stereocenters. The van der Waals surface area contributed by atoms with Crippen LogP contribution >= 0.6 is 11.6 Å². The van der Waals surface area contributed by atoms with Gasteiger partial charge < -0.3 is 5.32 Å². The lowest BCUT2D eigenvalue weighted by atomic mass is 9.95. The summed E-state index contributed by atoms with van der Waals surface area (Å²) in [7, 11) is 0. The Morgan fingerprint density at radius 1 is 1.31 bits per heavy atom. The van der Waals surface area contributed by atoms with Crippen LogP contribution in [-0.4, -0.2) is 23.5 Å². The van der Waals surface area contributed by atoms with Gasteiger partial charge in [0.1, 0.15) is 0 Å². The van der Waals surface area contributed by atoms with Crippen molar-refractivity contribution in [3.05, 3.63) is 0 Å².